The first kappa shape index (κ1) is 16.1. The molecule has 118 valence electrons. The number of ether oxygens (including phenoxy) is 2. The number of hydrogen-bond donors (Lipinski definition) is 1. The van der Waals surface area contributed by atoms with Crippen LogP contribution in [-0.2, 0) is 13.0 Å². The summed E-state index contributed by atoms with van der Waals surface area (Å²) >= 11 is 0. The quantitative estimate of drug-likeness (QED) is 0.839. The molecule has 0 radical (unpaired) electrons. The maximum absolute atomic E-state index is 5.99. The highest BCUT2D eigenvalue weighted by Crippen LogP contribution is 2.33. The number of fused-ring (bicyclic) bond motifs is 1. The molecular weight excluding hydrogens is 264 g/mol. The first-order valence-electron chi connectivity index (χ1n) is 7.89. The Morgan fingerprint density at radius 2 is 1.86 bits per heavy atom. The standard InChI is InChI=1S/C17H28N2O2/c1-4-15(18)6-5-8-19-9-7-13-10-16(20-2)17(21-3)11-14(13)12-19/h10-11,15H,4-9,12,18H2,1-3H3. The van der Waals surface area contributed by atoms with Crippen molar-refractivity contribution < 1.29 is 9.47 Å². The van der Waals surface area contributed by atoms with Crippen LogP contribution in [0.5, 0.6) is 11.5 Å². The number of nitrogens with two attached hydrogens (primary N) is 1. The number of methoxy groups -OCH3 is 2. The van der Waals surface area contributed by atoms with Gasteiger partial charge in [0.15, 0.2) is 11.5 Å². The molecule has 1 aliphatic heterocycles. The molecule has 1 aromatic carbocycles. The maximum atomic E-state index is 5.99. The van der Waals surface area contributed by atoms with E-state index in [1.165, 1.54) is 17.5 Å². The molecule has 0 amide bonds. The predicted molar refractivity (Wildman–Crippen MR) is 86.0 cm³/mol. The van der Waals surface area contributed by atoms with Gasteiger partial charge in [-0.3, -0.25) is 4.90 Å². The molecule has 1 atom stereocenters. The second kappa shape index (κ2) is 7.66. The molecule has 1 aliphatic rings. The van der Waals surface area contributed by atoms with Crippen LogP contribution in [0.15, 0.2) is 12.1 Å². The summed E-state index contributed by atoms with van der Waals surface area (Å²) in [4.78, 5) is 2.51. The zero-order chi connectivity index (χ0) is 15.2. The highest BCUT2D eigenvalue weighted by molar-refractivity contribution is 5.48. The third-order valence-corrected chi connectivity index (χ3v) is 4.37. The molecule has 1 unspecified atom stereocenters. The summed E-state index contributed by atoms with van der Waals surface area (Å²) in [5.74, 6) is 1.66. The molecule has 0 bridgehead atoms. The molecule has 1 aromatic rings. The number of rotatable bonds is 7. The van der Waals surface area contributed by atoms with Crippen molar-refractivity contribution in [2.75, 3.05) is 27.3 Å². The molecule has 0 aromatic heterocycles. The molecule has 21 heavy (non-hydrogen) atoms. The zero-order valence-electron chi connectivity index (χ0n) is 13.5. The predicted octanol–water partition coefficient (Wildman–Crippen LogP) is 2.58. The zero-order valence-corrected chi connectivity index (χ0v) is 13.5. The van der Waals surface area contributed by atoms with Gasteiger partial charge in [0.1, 0.15) is 0 Å². The van der Waals surface area contributed by atoms with Gasteiger partial charge in [-0.2, -0.15) is 0 Å². The molecule has 0 fully saturated rings. The van der Waals surface area contributed by atoms with Crippen molar-refractivity contribution >= 4 is 0 Å². The molecule has 0 saturated heterocycles. The Labute approximate surface area is 128 Å². The summed E-state index contributed by atoms with van der Waals surface area (Å²) in [6, 6.07) is 4.60. The van der Waals surface area contributed by atoms with E-state index in [2.05, 4.69) is 24.0 Å². The first-order valence-corrected chi connectivity index (χ1v) is 7.89. The van der Waals surface area contributed by atoms with Crippen LogP contribution < -0.4 is 15.2 Å². The Bertz CT molecular complexity index is 462. The van der Waals surface area contributed by atoms with Gasteiger partial charge in [-0.25, -0.2) is 0 Å². The summed E-state index contributed by atoms with van der Waals surface area (Å²) in [5.41, 5.74) is 8.73. The van der Waals surface area contributed by atoms with Crippen LogP contribution in [-0.4, -0.2) is 38.3 Å². The molecule has 2 N–H and O–H groups in total. The van der Waals surface area contributed by atoms with E-state index in [-0.39, 0.29) is 0 Å². The molecular formula is C17H28N2O2. The SMILES string of the molecule is CCC(N)CCCN1CCc2cc(OC)c(OC)cc2C1. The Morgan fingerprint density at radius 3 is 2.48 bits per heavy atom. The highest BCUT2D eigenvalue weighted by Gasteiger charge is 2.19. The number of hydrogen-bond acceptors (Lipinski definition) is 4. The number of nitrogens with zero attached hydrogens (tertiary/aromatic N) is 1. The van der Waals surface area contributed by atoms with E-state index in [4.69, 9.17) is 15.2 Å². The average Bonchev–Trinajstić information content (AvgIpc) is 2.53. The van der Waals surface area contributed by atoms with Gasteiger partial charge in [0.25, 0.3) is 0 Å². The maximum Gasteiger partial charge on any atom is 0.161 e. The van der Waals surface area contributed by atoms with Crippen LogP contribution in [0.2, 0.25) is 0 Å². The van der Waals surface area contributed by atoms with Gasteiger partial charge in [0, 0.05) is 19.1 Å². The smallest absolute Gasteiger partial charge is 0.161 e. The van der Waals surface area contributed by atoms with E-state index < -0.39 is 0 Å². The van der Waals surface area contributed by atoms with E-state index in [9.17, 15) is 0 Å². The van der Waals surface area contributed by atoms with Crippen LogP contribution in [0, 0.1) is 0 Å². The minimum atomic E-state index is 0.353. The van der Waals surface area contributed by atoms with Gasteiger partial charge < -0.3 is 15.2 Å². The van der Waals surface area contributed by atoms with Crippen LogP contribution >= 0.6 is 0 Å². The second-order valence-electron chi connectivity index (χ2n) is 5.81. The van der Waals surface area contributed by atoms with Gasteiger partial charge in [0.2, 0.25) is 0 Å². The summed E-state index contributed by atoms with van der Waals surface area (Å²) in [6.07, 6.45) is 4.44. The van der Waals surface area contributed by atoms with E-state index >= 15 is 0 Å². The topological polar surface area (TPSA) is 47.7 Å². The van der Waals surface area contributed by atoms with Crippen LogP contribution in [0.1, 0.15) is 37.3 Å². The highest BCUT2D eigenvalue weighted by atomic mass is 16.5. The van der Waals surface area contributed by atoms with Gasteiger partial charge in [0.05, 0.1) is 14.2 Å². The minimum Gasteiger partial charge on any atom is -0.493 e. The third kappa shape index (κ3) is 4.11. The largest absolute Gasteiger partial charge is 0.493 e. The molecule has 0 spiro atoms. The summed E-state index contributed by atoms with van der Waals surface area (Å²) in [5, 5.41) is 0. The molecule has 4 heteroatoms. The van der Waals surface area contributed by atoms with Crippen molar-refractivity contribution in [3.63, 3.8) is 0 Å². The van der Waals surface area contributed by atoms with Crippen molar-refractivity contribution in [3.05, 3.63) is 23.3 Å². The van der Waals surface area contributed by atoms with Gasteiger partial charge in [-0.15, -0.1) is 0 Å². The lowest BCUT2D eigenvalue weighted by Gasteiger charge is -2.29. The lowest BCUT2D eigenvalue weighted by molar-refractivity contribution is 0.245. The van der Waals surface area contributed by atoms with Crippen molar-refractivity contribution in [3.8, 4) is 11.5 Å². The molecule has 0 saturated carbocycles. The van der Waals surface area contributed by atoms with Crippen LogP contribution in [0.3, 0.4) is 0 Å². The molecule has 1 heterocycles. The van der Waals surface area contributed by atoms with Gasteiger partial charge in [-0.1, -0.05) is 6.92 Å². The van der Waals surface area contributed by atoms with E-state index in [1.54, 1.807) is 14.2 Å². The van der Waals surface area contributed by atoms with Crippen molar-refractivity contribution in [1.29, 1.82) is 0 Å². The minimum absolute atomic E-state index is 0.353. The average molecular weight is 292 g/mol. The van der Waals surface area contributed by atoms with Crippen molar-refractivity contribution in [2.24, 2.45) is 5.73 Å². The van der Waals surface area contributed by atoms with E-state index in [0.29, 0.717) is 6.04 Å². The Kier molecular flexibility index (Phi) is 5.88. The van der Waals surface area contributed by atoms with E-state index in [0.717, 1.165) is 50.4 Å². The van der Waals surface area contributed by atoms with Crippen LogP contribution in [0.25, 0.3) is 0 Å². The molecule has 4 nitrogen and oxygen atoms in total. The fourth-order valence-corrected chi connectivity index (χ4v) is 2.91. The first-order chi connectivity index (χ1) is 10.2. The fraction of sp³-hybridized carbons (Fsp3) is 0.647. The lowest BCUT2D eigenvalue weighted by atomic mass is 9.98. The van der Waals surface area contributed by atoms with Crippen LogP contribution in [0.4, 0.5) is 0 Å². The molecule has 0 aliphatic carbocycles. The Balaban J connectivity index is 1.96. The van der Waals surface area contributed by atoms with Gasteiger partial charge >= 0.3 is 0 Å². The van der Waals surface area contributed by atoms with Gasteiger partial charge in [-0.05, 0) is 55.5 Å². The normalized spacial score (nSPS) is 16.4. The third-order valence-electron chi connectivity index (χ3n) is 4.37. The summed E-state index contributed by atoms with van der Waals surface area (Å²) in [7, 11) is 3.38. The number of benzene rings is 1. The second-order valence-corrected chi connectivity index (χ2v) is 5.81. The van der Waals surface area contributed by atoms with E-state index in [1.807, 2.05) is 0 Å². The van der Waals surface area contributed by atoms with Crippen molar-refractivity contribution in [1.82, 2.24) is 4.90 Å². The molecule has 2 rings (SSSR count). The Hall–Kier alpha value is -1.26. The summed E-state index contributed by atoms with van der Waals surface area (Å²) < 4.78 is 10.8. The monoisotopic (exact) mass is 292 g/mol. The lowest BCUT2D eigenvalue weighted by Crippen LogP contribution is -2.32. The fourth-order valence-electron chi connectivity index (χ4n) is 2.91. The summed E-state index contributed by atoms with van der Waals surface area (Å²) in [6.45, 7) is 5.39. The Morgan fingerprint density at radius 1 is 1.19 bits per heavy atom. The van der Waals surface area contributed by atoms with Crippen molar-refractivity contribution in [2.45, 2.75) is 45.2 Å².